The standard InChI is InChI=1S/C14H10BrNO2S2/c15-11-7-5-10(6-8-11)9-20(17,18)14-16-12-3-1-2-4-13(12)19-14/h1-8H,9H2. The van der Waals surface area contributed by atoms with Gasteiger partial charge in [0.05, 0.1) is 16.0 Å². The van der Waals surface area contributed by atoms with Crippen LogP contribution in [0.4, 0.5) is 0 Å². The molecule has 3 nitrogen and oxygen atoms in total. The van der Waals surface area contributed by atoms with Gasteiger partial charge in [0.25, 0.3) is 0 Å². The Hall–Kier alpha value is -1.24. The van der Waals surface area contributed by atoms with Crippen LogP contribution in [0.3, 0.4) is 0 Å². The van der Waals surface area contributed by atoms with Crippen LogP contribution in [-0.2, 0) is 15.6 Å². The fourth-order valence-electron chi connectivity index (χ4n) is 1.85. The topological polar surface area (TPSA) is 47.0 Å². The highest BCUT2D eigenvalue weighted by Crippen LogP contribution is 2.27. The van der Waals surface area contributed by atoms with Gasteiger partial charge in [0.15, 0.2) is 0 Å². The molecule has 0 unspecified atom stereocenters. The molecule has 20 heavy (non-hydrogen) atoms. The first kappa shape index (κ1) is 13.7. The van der Waals surface area contributed by atoms with Gasteiger partial charge in [-0.2, -0.15) is 0 Å². The summed E-state index contributed by atoms with van der Waals surface area (Å²) < 4.78 is 26.8. The van der Waals surface area contributed by atoms with Crippen LogP contribution in [0.5, 0.6) is 0 Å². The molecule has 0 aliphatic carbocycles. The second-order valence-corrected chi connectivity index (χ2v) is 8.44. The highest BCUT2D eigenvalue weighted by molar-refractivity contribution is 9.10. The second-order valence-electron chi connectivity index (χ2n) is 4.33. The Kier molecular flexibility index (Phi) is 3.62. The molecule has 1 heterocycles. The predicted molar refractivity (Wildman–Crippen MR) is 84.7 cm³/mol. The molecule has 0 spiro atoms. The van der Waals surface area contributed by atoms with Crippen LogP contribution in [0.15, 0.2) is 57.3 Å². The van der Waals surface area contributed by atoms with Crippen LogP contribution >= 0.6 is 27.3 Å². The van der Waals surface area contributed by atoms with Crippen molar-refractivity contribution < 1.29 is 8.42 Å². The molecule has 0 N–H and O–H groups in total. The SMILES string of the molecule is O=S(=O)(Cc1ccc(Br)cc1)c1nc2ccccc2s1. The Bertz CT molecular complexity index is 821. The molecule has 0 saturated carbocycles. The van der Waals surface area contributed by atoms with Crippen LogP contribution < -0.4 is 0 Å². The molecule has 1 aromatic heterocycles. The van der Waals surface area contributed by atoms with E-state index in [0.717, 1.165) is 20.3 Å². The molecular formula is C14H10BrNO2S2. The summed E-state index contributed by atoms with van der Waals surface area (Å²) in [6.45, 7) is 0. The first-order chi connectivity index (χ1) is 9.54. The predicted octanol–water partition coefficient (Wildman–Crippen LogP) is 4.03. The highest BCUT2D eigenvalue weighted by atomic mass is 79.9. The van der Waals surface area contributed by atoms with Gasteiger partial charge in [-0.25, -0.2) is 13.4 Å². The molecule has 0 bridgehead atoms. The molecule has 3 rings (SSSR count). The monoisotopic (exact) mass is 367 g/mol. The number of benzene rings is 2. The zero-order chi connectivity index (χ0) is 14.2. The summed E-state index contributed by atoms with van der Waals surface area (Å²) in [5, 5.41) is 0. The minimum Gasteiger partial charge on any atom is -0.225 e. The average molecular weight is 368 g/mol. The van der Waals surface area contributed by atoms with Gasteiger partial charge >= 0.3 is 0 Å². The summed E-state index contributed by atoms with van der Waals surface area (Å²) in [4.78, 5) is 4.22. The third-order valence-corrected chi connectivity index (χ3v) is 6.52. The lowest BCUT2D eigenvalue weighted by atomic mass is 10.2. The van der Waals surface area contributed by atoms with Crippen molar-refractivity contribution in [3.63, 3.8) is 0 Å². The van der Waals surface area contributed by atoms with Crippen molar-refractivity contribution in [3.05, 3.63) is 58.6 Å². The van der Waals surface area contributed by atoms with Gasteiger partial charge < -0.3 is 0 Å². The zero-order valence-corrected chi connectivity index (χ0v) is 13.5. The zero-order valence-electron chi connectivity index (χ0n) is 10.3. The lowest BCUT2D eigenvalue weighted by molar-refractivity contribution is 0.594. The summed E-state index contributed by atoms with van der Waals surface area (Å²) in [5.41, 5.74) is 1.49. The van der Waals surface area contributed by atoms with E-state index in [9.17, 15) is 8.42 Å². The van der Waals surface area contributed by atoms with Crippen LogP contribution in [0, 0.1) is 0 Å². The van der Waals surface area contributed by atoms with Gasteiger partial charge in [-0.1, -0.05) is 40.2 Å². The molecule has 0 radical (unpaired) electrons. The number of thiazole rings is 1. The van der Waals surface area contributed by atoms with Gasteiger partial charge in [0, 0.05) is 4.47 Å². The van der Waals surface area contributed by atoms with Crippen molar-refractivity contribution in [2.75, 3.05) is 0 Å². The smallest absolute Gasteiger partial charge is 0.210 e. The number of sulfone groups is 1. The molecule has 3 aromatic rings. The quantitative estimate of drug-likeness (QED) is 0.701. The Morgan fingerprint density at radius 2 is 1.75 bits per heavy atom. The average Bonchev–Trinajstić information content (AvgIpc) is 2.86. The molecule has 6 heteroatoms. The number of para-hydroxylation sites is 1. The molecule has 0 aliphatic heterocycles. The molecule has 0 aliphatic rings. The number of fused-ring (bicyclic) bond motifs is 1. The Morgan fingerprint density at radius 3 is 2.45 bits per heavy atom. The van der Waals surface area contributed by atoms with Crippen molar-refractivity contribution in [1.82, 2.24) is 4.98 Å². The van der Waals surface area contributed by atoms with Crippen molar-refractivity contribution >= 4 is 47.3 Å². The summed E-state index contributed by atoms with van der Waals surface area (Å²) in [5.74, 6) is -0.0277. The van der Waals surface area contributed by atoms with Gasteiger partial charge in [0.2, 0.25) is 14.2 Å². The van der Waals surface area contributed by atoms with Crippen LogP contribution in [0.25, 0.3) is 10.2 Å². The third-order valence-electron chi connectivity index (χ3n) is 2.81. The molecule has 102 valence electrons. The number of rotatable bonds is 3. The van der Waals surface area contributed by atoms with E-state index in [1.807, 2.05) is 36.4 Å². The maximum Gasteiger partial charge on any atom is 0.210 e. The van der Waals surface area contributed by atoms with Gasteiger partial charge in [0.1, 0.15) is 0 Å². The van der Waals surface area contributed by atoms with Crippen LogP contribution in [0.2, 0.25) is 0 Å². The van der Waals surface area contributed by atoms with Crippen molar-refractivity contribution in [3.8, 4) is 0 Å². The minimum absolute atomic E-state index is 0.0277. The second kappa shape index (κ2) is 5.27. The number of nitrogens with zero attached hydrogens (tertiary/aromatic N) is 1. The molecule has 0 saturated heterocycles. The van der Waals surface area contributed by atoms with E-state index in [-0.39, 0.29) is 10.1 Å². The van der Waals surface area contributed by atoms with E-state index in [2.05, 4.69) is 20.9 Å². The Morgan fingerprint density at radius 1 is 1.05 bits per heavy atom. The fraction of sp³-hybridized carbons (Fsp3) is 0.0714. The van der Waals surface area contributed by atoms with E-state index in [4.69, 9.17) is 0 Å². The van der Waals surface area contributed by atoms with Crippen LogP contribution in [0.1, 0.15) is 5.56 Å². The largest absolute Gasteiger partial charge is 0.225 e. The Balaban J connectivity index is 1.96. The minimum atomic E-state index is -3.40. The molecule has 2 aromatic carbocycles. The van der Waals surface area contributed by atoms with Crippen molar-refractivity contribution in [1.29, 1.82) is 0 Å². The lowest BCUT2D eigenvalue weighted by Gasteiger charge is -2.01. The summed E-state index contributed by atoms with van der Waals surface area (Å²) in [6, 6.07) is 14.7. The maximum absolute atomic E-state index is 12.4. The Labute approximate surface area is 129 Å². The first-order valence-corrected chi connectivity index (χ1v) is 9.13. The number of hydrogen-bond donors (Lipinski definition) is 0. The van der Waals surface area contributed by atoms with E-state index in [1.54, 1.807) is 12.1 Å². The molecule has 0 fully saturated rings. The normalized spacial score (nSPS) is 11.8. The maximum atomic E-state index is 12.4. The molecular weight excluding hydrogens is 358 g/mol. The van der Waals surface area contributed by atoms with Crippen molar-refractivity contribution in [2.45, 2.75) is 10.1 Å². The van der Waals surface area contributed by atoms with E-state index < -0.39 is 9.84 Å². The number of aromatic nitrogens is 1. The first-order valence-electron chi connectivity index (χ1n) is 5.87. The van der Waals surface area contributed by atoms with Crippen molar-refractivity contribution in [2.24, 2.45) is 0 Å². The van der Waals surface area contributed by atoms with E-state index in [0.29, 0.717) is 0 Å². The van der Waals surface area contributed by atoms with E-state index in [1.165, 1.54) is 11.3 Å². The lowest BCUT2D eigenvalue weighted by Crippen LogP contribution is -2.04. The van der Waals surface area contributed by atoms with Crippen LogP contribution in [-0.4, -0.2) is 13.4 Å². The summed E-state index contributed by atoms with van der Waals surface area (Å²) >= 11 is 4.55. The van der Waals surface area contributed by atoms with Gasteiger partial charge in [-0.05, 0) is 29.8 Å². The summed E-state index contributed by atoms with van der Waals surface area (Å²) in [6.07, 6.45) is 0. The van der Waals surface area contributed by atoms with Gasteiger partial charge in [-0.3, -0.25) is 0 Å². The number of hydrogen-bond acceptors (Lipinski definition) is 4. The molecule has 0 atom stereocenters. The van der Waals surface area contributed by atoms with E-state index >= 15 is 0 Å². The molecule has 0 amide bonds. The fourth-order valence-corrected chi connectivity index (χ4v) is 4.75. The number of halogens is 1. The van der Waals surface area contributed by atoms with Gasteiger partial charge in [-0.15, -0.1) is 11.3 Å². The summed E-state index contributed by atoms with van der Waals surface area (Å²) in [7, 11) is -3.40. The highest BCUT2D eigenvalue weighted by Gasteiger charge is 2.20. The third kappa shape index (κ3) is 2.77.